The number of carbonyl (C=O) groups is 1. The predicted molar refractivity (Wildman–Crippen MR) is 123 cm³/mol. The molecule has 2 aromatic carbocycles. The average Bonchev–Trinajstić information content (AvgIpc) is 3.08. The van der Waals surface area contributed by atoms with E-state index in [0.29, 0.717) is 33.0 Å². The molecule has 4 rings (SSSR count). The summed E-state index contributed by atoms with van der Waals surface area (Å²) in [4.78, 5) is 20.2. The Bertz CT molecular complexity index is 1370. The van der Waals surface area contributed by atoms with E-state index in [0.717, 1.165) is 0 Å². The Balaban J connectivity index is 1.62. The van der Waals surface area contributed by atoms with Crippen LogP contribution in [0.15, 0.2) is 59.2 Å². The number of nitrogens with one attached hydrogen (secondary N) is 2. The predicted octanol–water partition coefficient (Wildman–Crippen LogP) is 5.52. The number of rotatable bonds is 6. The Morgan fingerprint density at radius 3 is 2.59 bits per heavy atom. The number of halogens is 4. The molecule has 0 saturated carbocycles. The number of nitrogens with zero attached hydrogens (tertiary/aromatic N) is 3. The summed E-state index contributed by atoms with van der Waals surface area (Å²) in [7, 11) is 3.23. The monoisotopic (exact) mass is 535 g/mol. The van der Waals surface area contributed by atoms with Gasteiger partial charge < -0.3 is 24.7 Å². The molecular formula is C22H17BrF3N5O3. The van der Waals surface area contributed by atoms with Gasteiger partial charge in [0.05, 0.1) is 16.7 Å². The summed E-state index contributed by atoms with van der Waals surface area (Å²) in [6, 6.07) is 12.5. The van der Waals surface area contributed by atoms with Crippen LogP contribution in [0.5, 0.6) is 17.2 Å². The molecule has 4 aromatic rings. The summed E-state index contributed by atoms with van der Waals surface area (Å²) in [6.45, 7) is 0. The van der Waals surface area contributed by atoms with Crippen molar-refractivity contribution in [3.63, 3.8) is 0 Å². The molecule has 176 valence electrons. The van der Waals surface area contributed by atoms with E-state index in [1.54, 1.807) is 41.9 Å². The van der Waals surface area contributed by atoms with Gasteiger partial charge in [0.1, 0.15) is 17.2 Å². The molecule has 8 nitrogen and oxygen atoms in total. The molecule has 0 saturated heterocycles. The molecular weight excluding hydrogens is 519 g/mol. The number of carbonyl (C=O) groups excluding carboxylic acids is 1. The van der Waals surface area contributed by atoms with Crippen LogP contribution in [0.4, 0.5) is 24.8 Å². The number of benzene rings is 2. The van der Waals surface area contributed by atoms with Gasteiger partial charge in [-0.05, 0) is 36.4 Å². The minimum atomic E-state index is -4.85. The maximum Gasteiger partial charge on any atom is 0.573 e. The molecule has 0 spiro atoms. The number of ether oxygens (including phenoxy) is 2. The summed E-state index contributed by atoms with van der Waals surface area (Å²) < 4.78 is 50.6. The van der Waals surface area contributed by atoms with E-state index in [4.69, 9.17) is 4.74 Å². The lowest BCUT2D eigenvalue weighted by molar-refractivity contribution is -0.274. The average molecular weight is 536 g/mol. The molecule has 0 aliphatic rings. The smallest absolute Gasteiger partial charge is 0.457 e. The van der Waals surface area contributed by atoms with Crippen LogP contribution in [0.1, 0.15) is 10.5 Å². The third kappa shape index (κ3) is 5.22. The number of anilines is 2. The largest absolute Gasteiger partial charge is 0.573 e. The fourth-order valence-electron chi connectivity index (χ4n) is 3.15. The zero-order chi connectivity index (χ0) is 24.5. The van der Waals surface area contributed by atoms with Crippen LogP contribution in [-0.4, -0.2) is 33.9 Å². The number of hydrogen-bond donors (Lipinski definition) is 2. The van der Waals surface area contributed by atoms with E-state index in [1.807, 2.05) is 0 Å². The van der Waals surface area contributed by atoms with Gasteiger partial charge in [0.15, 0.2) is 5.75 Å². The molecule has 2 N–H and O–H groups in total. The van der Waals surface area contributed by atoms with Crippen LogP contribution in [0, 0.1) is 0 Å². The first-order valence-electron chi connectivity index (χ1n) is 9.78. The minimum Gasteiger partial charge on any atom is -0.457 e. The Kier molecular flexibility index (Phi) is 6.33. The Hall–Kier alpha value is -3.80. The second-order valence-corrected chi connectivity index (χ2v) is 7.93. The number of aromatic nitrogens is 3. The molecule has 34 heavy (non-hydrogen) atoms. The highest BCUT2D eigenvalue weighted by Gasteiger charge is 2.32. The van der Waals surface area contributed by atoms with Crippen molar-refractivity contribution in [3.8, 4) is 17.2 Å². The topological polar surface area (TPSA) is 90.3 Å². The lowest BCUT2D eigenvalue weighted by Gasteiger charge is -2.14. The maximum absolute atomic E-state index is 12.8. The Morgan fingerprint density at radius 1 is 1.09 bits per heavy atom. The van der Waals surface area contributed by atoms with Gasteiger partial charge in [-0.2, -0.15) is 0 Å². The molecule has 0 unspecified atom stereocenters. The molecule has 0 bridgehead atoms. The van der Waals surface area contributed by atoms with Crippen LogP contribution in [0.2, 0.25) is 0 Å². The van der Waals surface area contributed by atoms with Crippen molar-refractivity contribution >= 4 is 44.5 Å². The lowest BCUT2D eigenvalue weighted by Crippen LogP contribution is -2.18. The van der Waals surface area contributed by atoms with Crippen molar-refractivity contribution in [2.75, 3.05) is 12.4 Å². The quantitative estimate of drug-likeness (QED) is 0.337. The van der Waals surface area contributed by atoms with Crippen LogP contribution in [0.25, 0.3) is 11.0 Å². The molecule has 0 aliphatic carbocycles. The first kappa shape index (κ1) is 23.4. The third-order valence-electron chi connectivity index (χ3n) is 4.69. The second kappa shape index (κ2) is 9.21. The van der Waals surface area contributed by atoms with Gasteiger partial charge in [-0.1, -0.05) is 15.9 Å². The van der Waals surface area contributed by atoms with E-state index in [2.05, 4.69) is 41.3 Å². The van der Waals surface area contributed by atoms with Crippen LogP contribution in [0.3, 0.4) is 0 Å². The van der Waals surface area contributed by atoms with Crippen molar-refractivity contribution < 1.29 is 27.4 Å². The highest BCUT2D eigenvalue weighted by atomic mass is 79.9. The fourth-order valence-corrected chi connectivity index (χ4v) is 3.49. The van der Waals surface area contributed by atoms with E-state index in [-0.39, 0.29) is 17.3 Å². The summed E-state index contributed by atoms with van der Waals surface area (Å²) in [5, 5.41) is 5.38. The second-order valence-electron chi connectivity index (χ2n) is 7.02. The SMILES string of the molecule is CNC(=O)c1cc(Oc2ccc3c(c2)nc(Nc2ccc(Br)cc2OC(F)(F)F)n3C)ccn1. The minimum absolute atomic E-state index is 0.0916. The van der Waals surface area contributed by atoms with Crippen LogP contribution >= 0.6 is 15.9 Å². The van der Waals surface area contributed by atoms with Crippen LogP contribution < -0.4 is 20.1 Å². The molecule has 12 heteroatoms. The number of amides is 1. The Labute approximate surface area is 199 Å². The number of fused-ring (bicyclic) bond motifs is 1. The summed E-state index contributed by atoms with van der Waals surface area (Å²) in [5.74, 6) is 0.417. The van der Waals surface area contributed by atoms with Crippen molar-refractivity contribution in [1.82, 2.24) is 19.9 Å². The van der Waals surface area contributed by atoms with E-state index >= 15 is 0 Å². The molecule has 0 radical (unpaired) electrons. The number of aryl methyl sites for hydroxylation is 1. The van der Waals surface area contributed by atoms with Gasteiger partial charge in [0, 0.05) is 36.9 Å². The molecule has 0 aliphatic heterocycles. The van der Waals surface area contributed by atoms with Gasteiger partial charge in [0.25, 0.3) is 5.91 Å². The van der Waals surface area contributed by atoms with Gasteiger partial charge in [-0.25, -0.2) is 4.98 Å². The summed E-state index contributed by atoms with van der Waals surface area (Å²) in [5.41, 5.74) is 1.55. The molecule has 1 amide bonds. The maximum atomic E-state index is 12.8. The Morgan fingerprint density at radius 2 is 1.85 bits per heavy atom. The highest BCUT2D eigenvalue weighted by Crippen LogP contribution is 2.35. The van der Waals surface area contributed by atoms with Gasteiger partial charge >= 0.3 is 6.36 Å². The van der Waals surface area contributed by atoms with Crippen molar-refractivity contribution in [2.24, 2.45) is 7.05 Å². The van der Waals surface area contributed by atoms with E-state index in [9.17, 15) is 18.0 Å². The highest BCUT2D eigenvalue weighted by molar-refractivity contribution is 9.10. The van der Waals surface area contributed by atoms with E-state index < -0.39 is 12.1 Å². The van der Waals surface area contributed by atoms with Gasteiger partial charge in [-0.15, -0.1) is 13.2 Å². The first-order chi connectivity index (χ1) is 16.1. The zero-order valence-corrected chi connectivity index (χ0v) is 19.4. The number of pyridine rings is 1. The zero-order valence-electron chi connectivity index (χ0n) is 17.8. The van der Waals surface area contributed by atoms with Crippen molar-refractivity contribution in [2.45, 2.75) is 6.36 Å². The normalized spacial score (nSPS) is 11.4. The molecule has 2 heterocycles. The number of hydrogen-bond acceptors (Lipinski definition) is 6. The molecule has 0 atom stereocenters. The number of imidazole rings is 1. The van der Waals surface area contributed by atoms with Crippen LogP contribution in [-0.2, 0) is 7.05 Å². The third-order valence-corrected chi connectivity index (χ3v) is 5.19. The molecule has 0 fully saturated rings. The van der Waals surface area contributed by atoms with E-state index in [1.165, 1.54) is 31.4 Å². The molecule has 2 aromatic heterocycles. The number of alkyl halides is 3. The van der Waals surface area contributed by atoms with Crippen molar-refractivity contribution in [3.05, 3.63) is 64.9 Å². The first-order valence-corrected chi connectivity index (χ1v) is 10.6. The summed E-state index contributed by atoms with van der Waals surface area (Å²) in [6.07, 6.45) is -3.39. The van der Waals surface area contributed by atoms with Crippen molar-refractivity contribution in [1.29, 1.82) is 0 Å². The van der Waals surface area contributed by atoms with Gasteiger partial charge in [0.2, 0.25) is 5.95 Å². The standard InChI is InChI=1S/C22H17BrF3N5O3/c1-27-20(32)17-11-14(7-8-28-17)33-13-4-6-18-16(10-13)30-21(31(18)2)29-15-5-3-12(23)9-19(15)34-22(24,25)26/h3-11H,1-2H3,(H,27,32)(H,29,30). The summed E-state index contributed by atoms with van der Waals surface area (Å²) >= 11 is 3.15. The fraction of sp³-hybridized carbons (Fsp3) is 0.136. The van der Waals surface area contributed by atoms with Gasteiger partial charge in [-0.3, -0.25) is 9.78 Å². The lowest BCUT2D eigenvalue weighted by atomic mass is 10.3.